The molecule has 0 N–H and O–H groups in total. The second-order valence-corrected chi connectivity index (χ2v) is 16.7. The fourth-order valence-corrected chi connectivity index (χ4v) is 9.59. The van der Waals surface area contributed by atoms with Crippen LogP contribution in [0.15, 0.2) is 140 Å². The number of alkyl halides is 6. The number of allylic oxidation sites excluding steroid dienone is 2. The molecule has 0 bridgehead atoms. The van der Waals surface area contributed by atoms with Gasteiger partial charge in [0.05, 0.1) is 22.8 Å². The molecule has 8 aromatic rings. The van der Waals surface area contributed by atoms with Crippen LogP contribution in [0.1, 0.15) is 32.0 Å². The van der Waals surface area contributed by atoms with Gasteiger partial charge in [-0.2, -0.15) is 26.3 Å². The van der Waals surface area contributed by atoms with E-state index in [4.69, 9.17) is 4.98 Å². The molecule has 1 aliphatic rings. The average molecular weight is 828 g/mol. The number of thiophene rings is 2. The van der Waals surface area contributed by atoms with Gasteiger partial charge in [0, 0.05) is 53.8 Å². The number of hydrogen-bond donors (Lipinski definition) is 0. The molecule has 3 nitrogen and oxygen atoms in total. The monoisotopic (exact) mass is 827 g/mol. The van der Waals surface area contributed by atoms with Crippen molar-refractivity contribution in [2.75, 3.05) is 0 Å². The molecule has 3 aromatic carbocycles. The van der Waals surface area contributed by atoms with Crippen LogP contribution < -0.4 is 0 Å². The quantitative estimate of drug-likeness (QED) is 0.113. The first kappa shape index (κ1) is 38.4. The maximum Gasteiger partial charge on any atom is 0.380 e. The molecule has 0 saturated heterocycles. The lowest BCUT2D eigenvalue weighted by molar-refractivity contribution is -0.254. The Morgan fingerprint density at radius 3 is 1.63 bits per heavy atom. The van der Waals surface area contributed by atoms with E-state index in [1.807, 2.05) is 97.1 Å². The normalized spacial score (nSPS) is 15.7. The second kappa shape index (κ2) is 14.6. The Morgan fingerprint density at radius 2 is 1.05 bits per heavy atom. The molecule has 292 valence electrons. The van der Waals surface area contributed by atoms with Crippen molar-refractivity contribution in [2.45, 2.75) is 31.6 Å². The van der Waals surface area contributed by atoms with Gasteiger partial charge in [-0.25, -0.2) is 4.98 Å². The fourth-order valence-electron chi connectivity index (χ4n) is 7.49. The highest BCUT2D eigenvalue weighted by atomic mass is 32.1. The minimum atomic E-state index is -5.63. The predicted molar refractivity (Wildman–Crippen MR) is 228 cm³/mol. The third-order valence-electron chi connectivity index (χ3n) is 10.5. The van der Waals surface area contributed by atoms with E-state index in [2.05, 4.69) is 9.97 Å². The van der Waals surface area contributed by atoms with Gasteiger partial charge in [-0.05, 0) is 95.8 Å². The van der Waals surface area contributed by atoms with Crippen LogP contribution in [-0.4, -0.2) is 32.7 Å². The summed E-state index contributed by atoms with van der Waals surface area (Å²) in [6, 6.07) is 38.5. The summed E-state index contributed by atoms with van der Waals surface area (Å²) in [5.74, 6) is -15.9. The number of nitrogens with zero attached hydrogens (tertiary/aromatic N) is 3. The van der Waals surface area contributed by atoms with Crippen molar-refractivity contribution in [1.82, 2.24) is 15.0 Å². The standard InChI is InChI=1S/C48H31F6N3S2/c1-28-36(44-45(47(51,52)48(53,54)46(44,49)50)43-29(2)59-41-12-4-3-9-35(41)43)27-42(58-28)33-21-17-31(18-22-33)14-13-30-15-19-32(20-16-30)34-25-39(37-10-5-7-23-55-37)57-40(26-34)38-11-6-8-24-56-38/h3-27H,1-2H3/b14-13+. The first-order valence-corrected chi connectivity index (χ1v) is 20.2. The summed E-state index contributed by atoms with van der Waals surface area (Å²) in [6.07, 6.45) is 7.36. The van der Waals surface area contributed by atoms with Crippen molar-refractivity contribution >= 4 is 56.1 Å². The zero-order chi connectivity index (χ0) is 41.1. The molecule has 0 amide bonds. The molecule has 0 saturated carbocycles. The van der Waals surface area contributed by atoms with Crippen molar-refractivity contribution in [3.8, 4) is 44.3 Å². The summed E-state index contributed by atoms with van der Waals surface area (Å²) in [4.78, 5) is 14.8. The highest BCUT2D eigenvalue weighted by Crippen LogP contribution is 2.66. The van der Waals surface area contributed by atoms with Crippen LogP contribution >= 0.6 is 22.7 Å². The number of rotatable bonds is 8. The van der Waals surface area contributed by atoms with Gasteiger partial charge in [0.2, 0.25) is 0 Å². The van der Waals surface area contributed by atoms with E-state index < -0.39 is 28.9 Å². The van der Waals surface area contributed by atoms with Crippen LogP contribution in [0.25, 0.3) is 77.7 Å². The Labute approximate surface area is 343 Å². The van der Waals surface area contributed by atoms with Crippen molar-refractivity contribution in [2.24, 2.45) is 0 Å². The zero-order valence-corrected chi connectivity index (χ0v) is 33.0. The average Bonchev–Trinajstić information content (AvgIpc) is 3.82. The molecule has 0 unspecified atom stereocenters. The van der Waals surface area contributed by atoms with Gasteiger partial charge in [-0.15, -0.1) is 22.7 Å². The molecule has 0 fully saturated rings. The molecule has 59 heavy (non-hydrogen) atoms. The SMILES string of the molecule is Cc1sc(-c2ccc(/C=C/c3ccc(-c4cc(-c5ccccn5)nc(-c5ccccn5)c4)cc3)cc2)cc1C1=C(c2c(C)sc3ccccc23)C(F)(F)C(F)(F)C1(F)F. The molecular weight excluding hydrogens is 797 g/mol. The van der Waals surface area contributed by atoms with Gasteiger partial charge in [-0.1, -0.05) is 91.0 Å². The van der Waals surface area contributed by atoms with Crippen LogP contribution in [-0.2, 0) is 0 Å². The lowest BCUT2D eigenvalue weighted by Gasteiger charge is -2.25. The molecule has 1 aliphatic carbocycles. The molecule has 0 spiro atoms. The number of fused-ring (bicyclic) bond motifs is 1. The third kappa shape index (κ3) is 6.58. The highest BCUT2D eigenvalue weighted by molar-refractivity contribution is 7.19. The Bertz CT molecular complexity index is 2860. The minimum Gasteiger partial charge on any atom is -0.255 e. The van der Waals surface area contributed by atoms with Gasteiger partial charge >= 0.3 is 17.8 Å². The lowest BCUT2D eigenvalue weighted by Crippen LogP contribution is -2.48. The predicted octanol–water partition coefficient (Wildman–Crippen LogP) is 14.4. The van der Waals surface area contributed by atoms with Gasteiger partial charge in [0.1, 0.15) is 0 Å². The van der Waals surface area contributed by atoms with E-state index in [1.54, 1.807) is 42.7 Å². The summed E-state index contributed by atoms with van der Waals surface area (Å²) in [6.45, 7) is 2.99. The molecule has 9 rings (SSSR count). The molecule has 0 radical (unpaired) electrons. The number of aromatic nitrogens is 3. The third-order valence-corrected chi connectivity index (χ3v) is 12.6. The Hall–Kier alpha value is -6.17. The molecule has 0 atom stereocenters. The van der Waals surface area contributed by atoms with Gasteiger partial charge in [0.15, 0.2) is 0 Å². The van der Waals surface area contributed by atoms with Crippen molar-refractivity contribution in [1.29, 1.82) is 0 Å². The Kier molecular flexibility index (Phi) is 9.48. The second-order valence-electron chi connectivity index (χ2n) is 14.2. The van der Waals surface area contributed by atoms with E-state index >= 15 is 26.3 Å². The molecule has 0 aliphatic heterocycles. The number of aryl methyl sites for hydroxylation is 2. The molecule has 11 heteroatoms. The van der Waals surface area contributed by atoms with Crippen molar-refractivity contribution < 1.29 is 26.3 Å². The first-order chi connectivity index (χ1) is 28.3. The number of benzene rings is 3. The summed E-state index contributed by atoms with van der Waals surface area (Å²) < 4.78 is 94.0. The van der Waals surface area contributed by atoms with E-state index in [9.17, 15) is 0 Å². The first-order valence-electron chi connectivity index (χ1n) is 18.6. The van der Waals surface area contributed by atoms with Crippen LogP contribution in [0, 0.1) is 13.8 Å². The maximum absolute atomic E-state index is 15.8. The van der Waals surface area contributed by atoms with Crippen LogP contribution in [0.3, 0.4) is 0 Å². The topological polar surface area (TPSA) is 38.7 Å². The van der Waals surface area contributed by atoms with E-state index in [-0.39, 0.29) is 26.3 Å². The zero-order valence-electron chi connectivity index (χ0n) is 31.4. The minimum absolute atomic E-state index is 0.234. The van der Waals surface area contributed by atoms with Gasteiger partial charge < -0.3 is 0 Å². The summed E-state index contributed by atoms with van der Waals surface area (Å²) in [5.41, 5.74) is 4.14. The van der Waals surface area contributed by atoms with Crippen LogP contribution in [0.5, 0.6) is 0 Å². The summed E-state index contributed by atoms with van der Waals surface area (Å²) >= 11 is 2.20. The summed E-state index contributed by atoms with van der Waals surface area (Å²) in [7, 11) is 0. The Balaban J connectivity index is 0.994. The highest BCUT2D eigenvalue weighted by Gasteiger charge is 2.80. The Morgan fingerprint density at radius 1 is 0.508 bits per heavy atom. The lowest BCUT2D eigenvalue weighted by atomic mass is 9.93. The number of pyridine rings is 3. The summed E-state index contributed by atoms with van der Waals surface area (Å²) in [5, 5.41) is 0.238. The smallest absolute Gasteiger partial charge is 0.255 e. The van der Waals surface area contributed by atoms with Crippen molar-refractivity contribution in [3.05, 3.63) is 172 Å². The molecule has 5 heterocycles. The van der Waals surface area contributed by atoms with Gasteiger partial charge in [-0.3, -0.25) is 9.97 Å². The van der Waals surface area contributed by atoms with E-state index in [0.717, 1.165) is 67.7 Å². The van der Waals surface area contributed by atoms with Crippen LogP contribution in [0.2, 0.25) is 0 Å². The van der Waals surface area contributed by atoms with E-state index in [1.165, 1.54) is 26.0 Å². The maximum atomic E-state index is 15.8. The fraction of sp³-hybridized carbons (Fsp3) is 0.104. The number of hydrogen-bond acceptors (Lipinski definition) is 5. The van der Waals surface area contributed by atoms with Gasteiger partial charge in [0.25, 0.3) is 0 Å². The molecular formula is C48H31F6N3S2. The van der Waals surface area contributed by atoms with Crippen molar-refractivity contribution in [3.63, 3.8) is 0 Å². The molecule has 5 aromatic heterocycles. The van der Waals surface area contributed by atoms with Crippen LogP contribution in [0.4, 0.5) is 26.3 Å². The largest absolute Gasteiger partial charge is 0.380 e. The number of halogens is 6. The van der Waals surface area contributed by atoms with E-state index in [0.29, 0.717) is 15.1 Å².